The first-order valence-corrected chi connectivity index (χ1v) is 5.37. The van der Waals surface area contributed by atoms with Gasteiger partial charge in [-0.2, -0.15) is 0 Å². The molecule has 0 aliphatic carbocycles. The maximum absolute atomic E-state index is 11.6. The third-order valence-electron chi connectivity index (χ3n) is 2.85. The second-order valence-corrected chi connectivity index (χ2v) is 4.73. The van der Waals surface area contributed by atoms with E-state index in [1.54, 1.807) is 11.1 Å². The fraction of sp³-hybridized carbons (Fsp3) is 0.250. The van der Waals surface area contributed by atoms with E-state index in [1.807, 2.05) is 32.0 Å². The van der Waals surface area contributed by atoms with Crippen LogP contribution in [0.15, 0.2) is 36.4 Å². The van der Waals surface area contributed by atoms with Crippen LogP contribution in [0.2, 0.25) is 5.02 Å². The third-order valence-corrected chi connectivity index (χ3v) is 3.09. The minimum absolute atomic E-state index is 0.148. The molecule has 1 saturated heterocycles. The number of amides is 1. The number of carbonyl (C=O) groups excluding carboxylic acids is 1. The second-order valence-electron chi connectivity index (χ2n) is 4.29. The number of hydrogen-bond acceptors (Lipinski definition) is 2. The van der Waals surface area contributed by atoms with Crippen molar-refractivity contribution >= 4 is 23.2 Å². The Morgan fingerprint density at radius 1 is 1.44 bits per heavy atom. The van der Waals surface area contributed by atoms with Gasteiger partial charge in [-0.1, -0.05) is 24.2 Å². The van der Waals surface area contributed by atoms with Crippen LogP contribution in [0.3, 0.4) is 0 Å². The molecule has 1 amide bonds. The molecule has 0 unspecified atom stereocenters. The molecule has 1 aliphatic rings. The van der Waals surface area contributed by atoms with Crippen LogP contribution in [0.1, 0.15) is 13.8 Å². The highest BCUT2D eigenvalue weighted by Crippen LogP contribution is 2.33. The van der Waals surface area contributed by atoms with E-state index in [-0.39, 0.29) is 5.91 Å². The largest absolute Gasteiger partial charge is 0.275 e. The Hall–Kier alpha value is -1.48. The highest BCUT2D eigenvalue weighted by Gasteiger charge is 2.41. The van der Waals surface area contributed by atoms with Crippen LogP contribution in [0.25, 0.3) is 0 Å². The summed E-state index contributed by atoms with van der Waals surface area (Å²) >= 11 is 5.93. The molecule has 1 aromatic carbocycles. The Labute approximate surface area is 99.7 Å². The molecule has 0 spiro atoms. The van der Waals surface area contributed by atoms with Gasteiger partial charge in [0.1, 0.15) is 0 Å². The number of anilines is 1. The number of hydrazine groups is 1. The smallest absolute Gasteiger partial charge is 0.267 e. The number of hydrogen-bond donors (Lipinski definition) is 1. The standard InChI is InChI=1S/C12H13ClN2O/c1-8-11(16)14-15(12(8,2)3)10-6-4-5-9(13)7-10/h4-7H,1H2,2-3H3,(H,14,16). The van der Waals surface area contributed by atoms with Crippen LogP contribution >= 0.6 is 11.6 Å². The van der Waals surface area contributed by atoms with Gasteiger partial charge in [0.15, 0.2) is 0 Å². The Balaban J connectivity index is 2.43. The first-order valence-electron chi connectivity index (χ1n) is 4.99. The summed E-state index contributed by atoms with van der Waals surface area (Å²) < 4.78 is 0. The lowest BCUT2D eigenvalue weighted by Crippen LogP contribution is -2.44. The van der Waals surface area contributed by atoms with E-state index < -0.39 is 5.54 Å². The van der Waals surface area contributed by atoms with Crippen molar-refractivity contribution in [1.29, 1.82) is 0 Å². The van der Waals surface area contributed by atoms with Crippen molar-refractivity contribution in [2.45, 2.75) is 19.4 Å². The summed E-state index contributed by atoms with van der Waals surface area (Å²) in [5.41, 5.74) is 3.73. The van der Waals surface area contributed by atoms with E-state index in [1.165, 1.54) is 0 Å². The summed E-state index contributed by atoms with van der Waals surface area (Å²) in [7, 11) is 0. The molecule has 1 aliphatic heterocycles. The van der Waals surface area contributed by atoms with Crippen molar-refractivity contribution in [3.63, 3.8) is 0 Å². The van der Waals surface area contributed by atoms with Gasteiger partial charge in [0.25, 0.3) is 5.91 Å². The van der Waals surface area contributed by atoms with Gasteiger partial charge in [-0.15, -0.1) is 0 Å². The van der Waals surface area contributed by atoms with Crippen LogP contribution < -0.4 is 10.4 Å². The normalized spacial score (nSPS) is 18.8. The molecule has 1 heterocycles. The van der Waals surface area contributed by atoms with Crippen molar-refractivity contribution in [2.75, 3.05) is 5.01 Å². The molecule has 0 aromatic heterocycles. The fourth-order valence-electron chi connectivity index (χ4n) is 1.72. The molecule has 1 fully saturated rings. The van der Waals surface area contributed by atoms with Crippen molar-refractivity contribution in [2.24, 2.45) is 0 Å². The summed E-state index contributed by atoms with van der Waals surface area (Å²) in [5, 5.41) is 2.42. The van der Waals surface area contributed by atoms with Crippen molar-refractivity contribution < 1.29 is 4.79 Å². The first-order chi connectivity index (χ1) is 7.43. The number of halogens is 1. The Morgan fingerprint density at radius 3 is 2.62 bits per heavy atom. The molecular weight excluding hydrogens is 224 g/mol. The van der Waals surface area contributed by atoms with E-state index >= 15 is 0 Å². The van der Waals surface area contributed by atoms with Crippen LogP contribution in [0, 0.1) is 0 Å². The van der Waals surface area contributed by atoms with Crippen molar-refractivity contribution in [3.05, 3.63) is 41.4 Å². The molecule has 1 aromatic rings. The van der Waals surface area contributed by atoms with Gasteiger partial charge < -0.3 is 0 Å². The first kappa shape index (κ1) is 11.0. The lowest BCUT2D eigenvalue weighted by molar-refractivity contribution is -0.116. The minimum Gasteiger partial charge on any atom is -0.275 e. The maximum Gasteiger partial charge on any atom is 0.267 e. The van der Waals surface area contributed by atoms with E-state index in [2.05, 4.69) is 12.0 Å². The van der Waals surface area contributed by atoms with E-state index in [0.717, 1.165) is 5.69 Å². The lowest BCUT2D eigenvalue weighted by atomic mass is 9.96. The molecule has 0 bridgehead atoms. The van der Waals surface area contributed by atoms with Crippen molar-refractivity contribution in [1.82, 2.24) is 5.43 Å². The number of carbonyl (C=O) groups is 1. The molecule has 0 atom stereocenters. The number of benzene rings is 1. The number of nitrogens with zero attached hydrogens (tertiary/aromatic N) is 1. The Morgan fingerprint density at radius 2 is 2.12 bits per heavy atom. The van der Waals surface area contributed by atoms with Gasteiger partial charge in [-0.25, -0.2) is 0 Å². The highest BCUT2D eigenvalue weighted by molar-refractivity contribution is 6.30. The van der Waals surface area contributed by atoms with Crippen LogP contribution in [-0.4, -0.2) is 11.4 Å². The predicted octanol–water partition coefficient (Wildman–Crippen LogP) is 2.53. The fourth-order valence-corrected chi connectivity index (χ4v) is 1.91. The molecule has 2 rings (SSSR count). The van der Waals surface area contributed by atoms with Gasteiger partial charge in [0.2, 0.25) is 0 Å². The topological polar surface area (TPSA) is 32.3 Å². The summed E-state index contributed by atoms with van der Waals surface area (Å²) in [5.74, 6) is -0.148. The third kappa shape index (κ3) is 1.57. The highest BCUT2D eigenvalue weighted by atomic mass is 35.5. The molecule has 4 heteroatoms. The quantitative estimate of drug-likeness (QED) is 0.760. The second kappa shape index (κ2) is 3.52. The molecule has 0 radical (unpaired) electrons. The van der Waals surface area contributed by atoms with Crippen LogP contribution in [0.4, 0.5) is 5.69 Å². The average molecular weight is 237 g/mol. The maximum atomic E-state index is 11.6. The van der Waals surface area contributed by atoms with Crippen LogP contribution in [-0.2, 0) is 4.79 Å². The number of nitrogens with one attached hydrogen (secondary N) is 1. The molecule has 0 saturated carbocycles. The monoisotopic (exact) mass is 236 g/mol. The van der Waals surface area contributed by atoms with Gasteiger partial charge in [0, 0.05) is 10.6 Å². The van der Waals surface area contributed by atoms with Gasteiger partial charge in [0.05, 0.1) is 11.2 Å². The Kier molecular flexibility index (Phi) is 2.43. The molecular formula is C12H13ClN2O. The zero-order valence-corrected chi connectivity index (χ0v) is 10.0. The molecule has 3 nitrogen and oxygen atoms in total. The molecule has 84 valence electrons. The van der Waals surface area contributed by atoms with Gasteiger partial charge in [-0.3, -0.25) is 15.2 Å². The van der Waals surface area contributed by atoms with Gasteiger partial charge in [-0.05, 0) is 32.0 Å². The zero-order chi connectivity index (χ0) is 11.9. The average Bonchev–Trinajstić information content (AvgIpc) is 2.42. The molecule has 1 N–H and O–H groups in total. The van der Waals surface area contributed by atoms with E-state index in [4.69, 9.17) is 11.6 Å². The summed E-state index contributed by atoms with van der Waals surface area (Å²) in [6.45, 7) is 7.68. The minimum atomic E-state index is -0.443. The zero-order valence-electron chi connectivity index (χ0n) is 9.25. The predicted molar refractivity (Wildman–Crippen MR) is 65.3 cm³/mol. The molecule has 16 heavy (non-hydrogen) atoms. The van der Waals surface area contributed by atoms with Crippen molar-refractivity contribution in [3.8, 4) is 0 Å². The lowest BCUT2D eigenvalue weighted by Gasteiger charge is -2.32. The van der Waals surface area contributed by atoms with Crippen LogP contribution in [0.5, 0.6) is 0 Å². The summed E-state index contributed by atoms with van der Waals surface area (Å²) in [4.78, 5) is 11.6. The van der Waals surface area contributed by atoms with E-state index in [0.29, 0.717) is 10.6 Å². The van der Waals surface area contributed by atoms with E-state index in [9.17, 15) is 4.79 Å². The number of rotatable bonds is 1. The Bertz CT molecular complexity index is 468. The summed E-state index contributed by atoms with van der Waals surface area (Å²) in [6.07, 6.45) is 0. The van der Waals surface area contributed by atoms with Gasteiger partial charge >= 0.3 is 0 Å². The summed E-state index contributed by atoms with van der Waals surface area (Å²) in [6, 6.07) is 7.35. The SMILES string of the molecule is C=C1C(=O)NN(c2cccc(Cl)c2)C1(C)C.